The molecule has 0 saturated carbocycles. The summed E-state index contributed by atoms with van der Waals surface area (Å²) in [4.78, 5) is 10.1. The molecule has 0 fully saturated rings. The number of rotatable bonds is 0. The maximum atomic E-state index is 5.07. The topological polar surface area (TPSA) is 30.7 Å². The molecule has 0 spiro atoms. The van der Waals surface area contributed by atoms with Gasteiger partial charge in [0.15, 0.2) is 0 Å². The second-order valence-corrected chi connectivity index (χ2v) is 14.1. The Hall–Kier alpha value is -6.32. The number of aromatic nitrogens is 3. The molecule has 7 aliphatic rings. The van der Waals surface area contributed by atoms with Gasteiger partial charge in [-0.1, -0.05) is 115 Å². The van der Waals surface area contributed by atoms with Crippen molar-refractivity contribution in [2.75, 3.05) is 0 Å². The number of para-hydroxylation sites is 1. The Kier molecular flexibility index (Phi) is 6.20. The van der Waals surface area contributed by atoms with E-state index in [1.165, 1.54) is 55.3 Å². The summed E-state index contributed by atoms with van der Waals surface area (Å²) in [6.45, 7) is 0. The van der Waals surface area contributed by atoms with Crippen LogP contribution < -0.4 is 0 Å². The van der Waals surface area contributed by atoms with Crippen LogP contribution in [0.15, 0.2) is 175 Å². The van der Waals surface area contributed by atoms with Crippen molar-refractivity contribution in [1.29, 1.82) is 0 Å². The largest absolute Gasteiger partial charge is 0.309 e. The molecule has 4 aromatic carbocycles. The summed E-state index contributed by atoms with van der Waals surface area (Å²) in [5.41, 5.74) is 18.3. The van der Waals surface area contributed by atoms with Crippen LogP contribution in [-0.4, -0.2) is 14.5 Å². The Bertz CT molecular complexity index is 2730. The van der Waals surface area contributed by atoms with Gasteiger partial charge in [0, 0.05) is 51.8 Å². The molecule has 7 heterocycles. The molecular formula is C48H33N3. The average molecular weight is 652 g/mol. The molecule has 3 heteroatoms. The lowest BCUT2D eigenvalue weighted by Crippen LogP contribution is -2.20. The maximum absolute atomic E-state index is 5.07. The minimum absolute atomic E-state index is 0.188. The molecule has 240 valence electrons. The lowest BCUT2D eigenvalue weighted by molar-refractivity contribution is 0.821. The van der Waals surface area contributed by atoms with Gasteiger partial charge in [-0.25, -0.2) is 0 Å². The quantitative estimate of drug-likeness (QED) is 0.163. The highest BCUT2D eigenvalue weighted by Crippen LogP contribution is 2.50. The van der Waals surface area contributed by atoms with E-state index in [2.05, 4.69) is 169 Å². The van der Waals surface area contributed by atoms with Crippen LogP contribution in [0.1, 0.15) is 39.7 Å². The number of benzene rings is 4. The third-order valence-electron chi connectivity index (χ3n) is 11.3. The van der Waals surface area contributed by atoms with Crippen LogP contribution in [0.5, 0.6) is 0 Å². The first-order valence-corrected chi connectivity index (χ1v) is 17.9. The lowest BCUT2D eigenvalue weighted by Gasteiger charge is -2.36. The highest BCUT2D eigenvalue weighted by molar-refractivity contribution is 6.10. The van der Waals surface area contributed by atoms with E-state index in [0.717, 1.165) is 52.1 Å². The monoisotopic (exact) mass is 651 g/mol. The van der Waals surface area contributed by atoms with Gasteiger partial charge in [-0.05, 0) is 93.8 Å². The second-order valence-electron chi connectivity index (χ2n) is 14.1. The van der Waals surface area contributed by atoms with Gasteiger partial charge in [-0.2, -0.15) is 0 Å². The normalized spacial score (nSPS) is 18.2. The molecule has 7 aromatic rings. The molecule has 3 aliphatic carbocycles. The van der Waals surface area contributed by atoms with E-state index >= 15 is 0 Å². The van der Waals surface area contributed by atoms with E-state index in [-0.39, 0.29) is 11.8 Å². The van der Waals surface area contributed by atoms with Crippen LogP contribution in [0.2, 0.25) is 0 Å². The van der Waals surface area contributed by atoms with Gasteiger partial charge in [0.2, 0.25) is 0 Å². The second kappa shape index (κ2) is 11.1. The van der Waals surface area contributed by atoms with Crippen molar-refractivity contribution in [3.8, 4) is 28.2 Å². The van der Waals surface area contributed by atoms with E-state index in [0.29, 0.717) is 0 Å². The number of hydrogen-bond acceptors (Lipinski definition) is 2. The first-order valence-electron chi connectivity index (χ1n) is 17.9. The standard InChI is InChI=1S/C48H33N3/c1-2-11-38-37(10-1)39-21-18-32-26-43(39)48-31(7-6-13-42(38)48)17-15-30-16-23-44(49-28-30)33-8-5-9-36(25-33)51-46-14-4-3-12-40(46)41-22-19-34(27-47(41)51)45-24-20-35(32)29-50-45/h1-14,16,18-29,38,43H,15,17H2. The SMILES string of the molecule is C1=CC2=C3C=CC4=CC3c3c(cccc3C2C=C1)CCc1ccc(nc1)-c1cccc(c1)-n1c2ccccc2c2ccc(cc21)-c1ccc4cn1. The number of aryl methyl sites for hydroxylation is 2. The van der Waals surface area contributed by atoms with Gasteiger partial charge in [-0.3, -0.25) is 9.97 Å². The predicted molar refractivity (Wildman–Crippen MR) is 209 cm³/mol. The lowest BCUT2D eigenvalue weighted by atomic mass is 9.67. The maximum Gasteiger partial charge on any atom is 0.0703 e. The average Bonchev–Trinajstić information content (AvgIpc) is 3.53. The van der Waals surface area contributed by atoms with Crippen LogP contribution >= 0.6 is 0 Å². The summed E-state index contributed by atoms with van der Waals surface area (Å²) in [6.07, 6.45) is 22.2. The van der Waals surface area contributed by atoms with Crippen molar-refractivity contribution in [1.82, 2.24) is 14.5 Å². The zero-order valence-electron chi connectivity index (χ0n) is 28.0. The molecule has 0 amide bonds. The number of hydrogen-bond donors (Lipinski definition) is 0. The summed E-state index contributed by atoms with van der Waals surface area (Å²) in [5.74, 6) is 0.469. The summed E-state index contributed by atoms with van der Waals surface area (Å²) >= 11 is 0. The smallest absolute Gasteiger partial charge is 0.0703 e. The molecular weight excluding hydrogens is 619 g/mol. The van der Waals surface area contributed by atoms with E-state index in [1.54, 1.807) is 0 Å². The Morgan fingerprint density at radius 3 is 2.29 bits per heavy atom. The van der Waals surface area contributed by atoms with Crippen LogP contribution in [0.4, 0.5) is 0 Å². The fourth-order valence-corrected chi connectivity index (χ4v) is 8.88. The molecule has 14 rings (SSSR count). The van der Waals surface area contributed by atoms with Crippen molar-refractivity contribution in [3.63, 3.8) is 0 Å². The highest BCUT2D eigenvalue weighted by Gasteiger charge is 2.34. The summed E-state index contributed by atoms with van der Waals surface area (Å²) < 4.78 is 2.38. The fourth-order valence-electron chi connectivity index (χ4n) is 8.88. The van der Waals surface area contributed by atoms with Crippen molar-refractivity contribution in [3.05, 3.63) is 203 Å². The molecule has 0 radical (unpaired) electrons. The van der Waals surface area contributed by atoms with Gasteiger partial charge in [-0.15, -0.1) is 0 Å². The van der Waals surface area contributed by atoms with E-state index in [9.17, 15) is 0 Å². The molecule has 0 N–H and O–H groups in total. The van der Waals surface area contributed by atoms with Crippen molar-refractivity contribution in [2.24, 2.45) is 0 Å². The van der Waals surface area contributed by atoms with Gasteiger partial charge < -0.3 is 4.57 Å². The zero-order valence-corrected chi connectivity index (χ0v) is 28.0. The van der Waals surface area contributed by atoms with Crippen molar-refractivity contribution in [2.45, 2.75) is 24.7 Å². The van der Waals surface area contributed by atoms with Crippen LogP contribution in [0.3, 0.4) is 0 Å². The van der Waals surface area contributed by atoms with Crippen LogP contribution in [-0.2, 0) is 12.8 Å². The zero-order chi connectivity index (χ0) is 33.5. The molecule has 0 saturated heterocycles. The molecule has 4 aliphatic heterocycles. The Balaban J connectivity index is 1.12. The predicted octanol–water partition coefficient (Wildman–Crippen LogP) is 11.3. The molecule has 3 nitrogen and oxygen atoms in total. The number of pyridine rings is 2. The highest BCUT2D eigenvalue weighted by atomic mass is 15.0. The Morgan fingerprint density at radius 1 is 0.569 bits per heavy atom. The first kappa shape index (κ1) is 28.5. The molecule has 2 atom stereocenters. The fraction of sp³-hybridized carbons (Fsp3) is 0.0833. The minimum Gasteiger partial charge on any atom is -0.309 e. The van der Waals surface area contributed by atoms with E-state index < -0.39 is 0 Å². The molecule has 10 bridgehead atoms. The Labute approximate surface area is 297 Å². The van der Waals surface area contributed by atoms with Gasteiger partial charge in [0.25, 0.3) is 0 Å². The van der Waals surface area contributed by atoms with Crippen molar-refractivity contribution < 1.29 is 0 Å². The van der Waals surface area contributed by atoms with E-state index in [1.807, 2.05) is 0 Å². The third-order valence-corrected chi connectivity index (χ3v) is 11.3. The third kappa shape index (κ3) is 4.44. The van der Waals surface area contributed by atoms with E-state index in [4.69, 9.17) is 9.97 Å². The molecule has 2 unspecified atom stereocenters. The van der Waals surface area contributed by atoms with Gasteiger partial charge in [0.05, 0.1) is 22.4 Å². The minimum atomic E-state index is 0.188. The van der Waals surface area contributed by atoms with Crippen LogP contribution in [0, 0.1) is 0 Å². The number of nitrogens with zero attached hydrogens (tertiary/aromatic N) is 3. The van der Waals surface area contributed by atoms with Crippen LogP contribution in [0.25, 0.3) is 55.6 Å². The first-order chi connectivity index (χ1) is 25.3. The summed E-state index contributed by atoms with van der Waals surface area (Å²) in [7, 11) is 0. The summed E-state index contributed by atoms with van der Waals surface area (Å²) in [6, 6.07) is 40.0. The van der Waals surface area contributed by atoms with Crippen molar-refractivity contribution >= 4 is 27.4 Å². The van der Waals surface area contributed by atoms with Gasteiger partial charge in [0.1, 0.15) is 0 Å². The Morgan fingerprint density at radius 2 is 1.39 bits per heavy atom. The summed E-state index contributed by atoms with van der Waals surface area (Å²) in [5, 5.41) is 2.47. The van der Waals surface area contributed by atoms with Gasteiger partial charge >= 0.3 is 0 Å². The number of fused-ring (bicyclic) bond motifs is 4. The molecule has 51 heavy (non-hydrogen) atoms. The molecule has 3 aromatic heterocycles. The number of allylic oxidation sites excluding steroid dienone is 10.